The van der Waals surface area contributed by atoms with Crippen molar-refractivity contribution in [3.63, 3.8) is 0 Å². The minimum absolute atomic E-state index is 0.0490. The third kappa shape index (κ3) is 5.81. The second-order valence-electron chi connectivity index (χ2n) is 8.33. The average molecular weight is 414 g/mol. The molecule has 0 radical (unpaired) electrons. The molecule has 1 fully saturated rings. The number of aryl methyl sites for hydroxylation is 1. The van der Waals surface area contributed by atoms with Crippen molar-refractivity contribution in [3.8, 4) is 0 Å². The molecule has 4 heteroatoms. The van der Waals surface area contributed by atoms with E-state index in [0.29, 0.717) is 6.54 Å². The summed E-state index contributed by atoms with van der Waals surface area (Å²) in [6.07, 6.45) is 2.57. The van der Waals surface area contributed by atoms with Gasteiger partial charge in [0.2, 0.25) is 5.91 Å². The maximum atomic E-state index is 13.2. The van der Waals surface area contributed by atoms with Crippen molar-refractivity contribution in [1.29, 1.82) is 0 Å². The van der Waals surface area contributed by atoms with E-state index in [0.717, 1.165) is 17.8 Å². The highest BCUT2D eigenvalue weighted by molar-refractivity contribution is 5.95. The van der Waals surface area contributed by atoms with E-state index in [1.807, 2.05) is 61.5 Å². The fourth-order valence-corrected chi connectivity index (χ4v) is 4.14. The molecule has 1 aliphatic heterocycles. The molecular formula is C27H31N3O. The Kier molecular flexibility index (Phi) is 7.13. The number of carbonyl (C=O) groups excluding carboxylic acids is 1. The molecule has 1 heterocycles. The van der Waals surface area contributed by atoms with Gasteiger partial charge in [0, 0.05) is 18.8 Å². The first-order valence-electron chi connectivity index (χ1n) is 11.1. The van der Waals surface area contributed by atoms with Crippen LogP contribution in [0.5, 0.6) is 0 Å². The van der Waals surface area contributed by atoms with Gasteiger partial charge >= 0.3 is 0 Å². The topological polar surface area (TPSA) is 44.4 Å². The number of hydrogen-bond acceptors (Lipinski definition) is 3. The Morgan fingerprint density at radius 1 is 0.871 bits per heavy atom. The Hall–Kier alpha value is -2.95. The maximum Gasteiger partial charge on any atom is 0.246 e. The Balaban J connectivity index is 1.49. The number of likely N-dealkylation sites (tertiary alicyclic amines) is 1. The SMILES string of the molecule is Cc1ccc(NC(=O)C(NCc2ccccc2CN2CCCC2)c2ccccc2)cc1. The molecule has 160 valence electrons. The summed E-state index contributed by atoms with van der Waals surface area (Å²) in [4.78, 5) is 15.7. The summed E-state index contributed by atoms with van der Waals surface area (Å²) in [5, 5.41) is 6.59. The van der Waals surface area contributed by atoms with Crippen molar-refractivity contribution in [2.75, 3.05) is 18.4 Å². The first kappa shape index (κ1) is 21.3. The molecule has 1 unspecified atom stereocenters. The molecule has 0 saturated carbocycles. The van der Waals surface area contributed by atoms with E-state index in [1.54, 1.807) is 0 Å². The number of amides is 1. The lowest BCUT2D eigenvalue weighted by Gasteiger charge is -2.21. The quantitative estimate of drug-likeness (QED) is 0.542. The van der Waals surface area contributed by atoms with Gasteiger partial charge in [-0.1, -0.05) is 72.3 Å². The Labute approximate surface area is 185 Å². The third-order valence-electron chi connectivity index (χ3n) is 5.92. The molecule has 3 aromatic carbocycles. The smallest absolute Gasteiger partial charge is 0.246 e. The van der Waals surface area contributed by atoms with Crippen LogP contribution in [0.2, 0.25) is 0 Å². The van der Waals surface area contributed by atoms with Gasteiger partial charge in [-0.15, -0.1) is 0 Å². The molecule has 2 N–H and O–H groups in total. The molecular weight excluding hydrogens is 382 g/mol. The largest absolute Gasteiger partial charge is 0.324 e. The molecule has 4 rings (SSSR count). The van der Waals surface area contributed by atoms with Gasteiger partial charge in [-0.3, -0.25) is 15.0 Å². The van der Waals surface area contributed by atoms with Gasteiger partial charge in [0.05, 0.1) is 0 Å². The zero-order valence-electron chi connectivity index (χ0n) is 18.2. The number of nitrogens with zero attached hydrogens (tertiary/aromatic N) is 1. The lowest BCUT2D eigenvalue weighted by molar-refractivity contribution is -0.118. The standard InChI is InChI=1S/C27H31N3O/c1-21-13-15-25(16-14-21)29-27(31)26(22-9-3-2-4-10-22)28-19-23-11-5-6-12-24(23)20-30-17-7-8-18-30/h2-6,9-16,26,28H,7-8,17-20H2,1H3,(H,29,31). The molecule has 3 aromatic rings. The van der Waals surface area contributed by atoms with E-state index < -0.39 is 6.04 Å². The van der Waals surface area contributed by atoms with E-state index in [2.05, 4.69) is 39.8 Å². The fraction of sp³-hybridized carbons (Fsp3) is 0.296. The summed E-state index contributed by atoms with van der Waals surface area (Å²) in [5.74, 6) is -0.0490. The first-order valence-corrected chi connectivity index (χ1v) is 11.1. The van der Waals surface area contributed by atoms with Gasteiger partial charge in [-0.25, -0.2) is 0 Å². The van der Waals surface area contributed by atoms with Crippen LogP contribution in [0, 0.1) is 6.92 Å². The summed E-state index contributed by atoms with van der Waals surface area (Å²) >= 11 is 0. The highest BCUT2D eigenvalue weighted by atomic mass is 16.2. The molecule has 0 bridgehead atoms. The van der Waals surface area contributed by atoms with Crippen molar-refractivity contribution in [3.05, 3.63) is 101 Å². The molecule has 4 nitrogen and oxygen atoms in total. The summed E-state index contributed by atoms with van der Waals surface area (Å²) < 4.78 is 0. The van der Waals surface area contributed by atoms with Crippen LogP contribution in [-0.4, -0.2) is 23.9 Å². The average Bonchev–Trinajstić information content (AvgIpc) is 3.30. The molecule has 0 aromatic heterocycles. The minimum Gasteiger partial charge on any atom is -0.324 e. The van der Waals surface area contributed by atoms with Crippen LogP contribution in [0.25, 0.3) is 0 Å². The van der Waals surface area contributed by atoms with Gasteiger partial charge in [0.1, 0.15) is 6.04 Å². The van der Waals surface area contributed by atoms with Crippen LogP contribution in [-0.2, 0) is 17.9 Å². The minimum atomic E-state index is -0.428. The van der Waals surface area contributed by atoms with Gasteiger partial charge in [0.15, 0.2) is 0 Å². The summed E-state index contributed by atoms with van der Waals surface area (Å²) in [6, 6.07) is 26.0. The number of hydrogen-bond donors (Lipinski definition) is 2. The van der Waals surface area contributed by atoms with Crippen molar-refractivity contribution >= 4 is 11.6 Å². The van der Waals surface area contributed by atoms with Crippen LogP contribution < -0.4 is 10.6 Å². The number of rotatable bonds is 8. The van der Waals surface area contributed by atoms with Crippen LogP contribution in [0.1, 0.15) is 41.1 Å². The van der Waals surface area contributed by atoms with Gasteiger partial charge in [-0.05, 0) is 61.7 Å². The second kappa shape index (κ2) is 10.4. The second-order valence-corrected chi connectivity index (χ2v) is 8.33. The molecule has 31 heavy (non-hydrogen) atoms. The summed E-state index contributed by atoms with van der Waals surface area (Å²) in [7, 11) is 0. The van der Waals surface area contributed by atoms with Crippen LogP contribution >= 0.6 is 0 Å². The highest BCUT2D eigenvalue weighted by Crippen LogP contribution is 2.20. The lowest BCUT2D eigenvalue weighted by Crippen LogP contribution is -2.33. The molecule has 1 aliphatic rings. The van der Waals surface area contributed by atoms with Crippen molar-refractivity contribution in [1.82, 2.24) is 10.2 Å². The number of carbonyl (C=O) groups is 1. The lowest BCUT2D eigenvalue weighted by atomic mass is 10.0. The molecule has 1 amide bonds. The number of nitrogens with one attached hydrogen (secondary N) is 2. The van der Waals surface area contributed by atoms with E-state index in [-0.39, 0.29) is 5.91 Å². The van der Waals surface area contributed by atoms with Crippen LogP contribution in [0.15, 0.2) is 78.9 Å². The predicted molar refractivity (Wildman–Crippen MR) is 127 cm³/mol. The summed E-state index contributed by atoms with van der Waals surface area (Å²) in [5.41, 5.74) is 5.53. The van der Waals surface area contributed by atoms with Gasteiger partial charge < -0.3 is 5.32 Å². The molecule has 0 spiro atoms. The molecule has 1 saturated heterocycles. The van der Waals surface area contributed by atoms with E-state index in [4.69, 9.17) is 0 Å². The molecule has 1 atom stereocenters. The van der Waals surface area contributed by atoms with E-state index in [9.17, 15) is 4.79 Å². The Bertz CT molecular complexity index is 979. The maximum absolute atomic E-state index is 13.2. The predicted octanol–water partition coefficient (Wildman–Crippen LogP) is 5.06. The number of benzene rings is 3. The van der Waals surface area contributed by atoms with Crippen molar-refractivity contribution < 1.29 is 4.79 Å². The van der Waals surface area contributed by atoms with Crippen LogP contribution in [0.3, 0.4) is 0 Å². The zero-order valence-corrected chi connectivity index (χ0v) is 18.2. The van der Waals surface area contributed by atoms with Crippen molar-refractivity contribution in [2.45, 2.75) is 38.9 Å². The first-order chi connectivity index (χ1) is 15.2. The Morgan fingerprint density at radius 2 is 1.52 bits per heavy atom. The van der Waals surface area contributed by atoms with Crippen LogP contribution in [0.4, 0.5) is 5.69 Å². The van der Waals surface area contributed by atoms with E-state index >= 15 is 0 Å². The van der Waals surface area contributed by atoms with Gasteiger partial charge in [-0.2, -0.15) is 0 Å². The number of anilines is 1. The van der Waals surface area contributed by atoms with E-state index in [1.165, 1.54) is 42.6 Å². The normalized spacial score (nSPS) is 15.0. The zero-order chi connectivity index (χ0) is 21.5. The highest BCUT2D eigenvalue weighted by Gasteiger charge is 2.21. The summed E-state index contributed by atoms with van der Waals surface area (Å²) in [6.45, 7) is 6.01. The van der Waals surface area contributed by atoms with Gasteiger partial charge in [0.25, 0.3) is 0 Å². The third-order valence-corrected chi connectivity index (χ3v) is 5.92. The van der Waals surface area contributed by atoms with Crippen molar-refractivity contribution in [2.24, 2.45) is 0 Å². The monoisotopic (exact) mass is 413 g/mol. The Morgan fingerprint density at radius 3 is 2.23 bits per heavy atom. The molecule has 0 aliphatic carbocycles. The fourth-order valence-electron chi connectivity index (χ4n) is 4.14.